The van der Waals surface area contributed by atoms with Gasteiger partial charge in [0.05, 0.1) is 11.8 Å². The molecule has 0 bridgehead atoms. The minimum Gasteiger partial charge on any atom is -0.489 e. The van der Waals surface area contributed by atoms with Crippen LogP contribution in [0.25, 0.3) is 0 Å². The van der Waals surface area contributed by atoms with Crippen molar-refractivity contribution in [2.75, 3.05) is 5.32 Å². The zero-order valence-electron chi connectivity index (χ0n) is 11.5. The number of nitrogens with two attached hydrogens (primary N) is 1. The fourth-order valence-corrected chi connectivity index (χ4v) is 1.53. The van der Waals surface area contributed by atoms with E-state index in [9.17, 15) is 4.79 Å². The molecular formula is C14H22N2O2. The maximum Gasteiger partial charge on any atom is 0.226 e. The zero-order valence-corrected chi connectivity index (χ0v) is 11.5. The molecule has 3 N–H and O–H groups in total. The highest BCUT2D eigenvalue weighted by molar-refractivity contribution is 5.92. The third-order valence-corrected chi connectivity index (χ3v) is 2.14. The Kier molecular flexibility index (Phi) is 4.73. The summed E-state index contributed by atoms with van der Waals surface area (Å²) in [5.41, 5.74) is 5.98. The number of amides is 1. The second-order valence-corrected chi connectivity index (χ2v) is 5.38. The highest BCUT2D eigenvalue weighted by atomic mass is 16.5. The summed E-state index contributed by atoms with van der Waals surface area (Å²) in [7, 11) is 0. The molecule has 0 saturated heterocycles. The minimum atomic E-state index is -0.516. The number of para-hydroxylation sites is 2. The van der Waals surface area contributed by atoms with Crippen molar-refractivity contribution in [2.45, 2.75) is 45.8 Å². The van der Waals surface area contributed by atoms with Gasteiger partial charge in [-0.25, -0.2) is 0 Å². The van der Waals surface area contributed by atoms with Crippen molar-refractivity contribution in [3.8, 4) is 5.75 Å². The summed E-state index contributed by atoms with van der Waals surface area (Å²) in [6.07, 6.45) is 0.331. The van der Waals surface area contributed by atoms with E-state index in [1.165, 1.54) is 0 Å². The molecule has 0 aliphatic rings. The second kappa shape index (κ2) is 5.87. The number of ether oxygens (including phenoxy) is 1. The maximum absolute atomic E-state index is 11.8. The van der Waals surface area contributed by atoms with Crippen LogP contribution in [-0.4, -0.2) is 17.6 Å². The first kappa shape index (κ1) is 14.5. The van der Waals surface area contributed by atoms with Crippen molar-refractivity contribution in [3.05, 3.63) is 24.3 Å². The summed E-state index contributed by atoms with van der Waals surface area (Å²) in [4.78, 5) is 11.8. The Morgan fingerprint density at radius 2 is 2.00 bits per heavy atom. The first-order chi connectivity index (χ1) is 8.28. The Morgan fingerprint density at radius 3 is 2.56 bits per heavy atom. The van der Waals surface area contributed by atoms with Crippen LogP contribution in [0.5, 0.6) is 5.75 Å². The van der Waals surface area contributed by atoms with Crippen molar-refractivity contribution in [1.29, 1.82) is 0 Å². The molecule has 0 atom stereocenters. The maximum atomic E-state index is 11.8. The summed E-state index contributed by atoms with van der Waals surface area (Å²) in [5.74, 6) is 0.568. The Balaban J connectivity index is 2.75. The SMILES string of the molecule is CC(C)Oc1ccccc1NC(=O)CC(C)(C)N. The van der Waals surface area contributed by atoms with E-state index in [-0.39, 0.29) is 18.4 Å². The van der Waals surface area contributed by atoms with Crippen molar-refractivity contribution >= 4 is 11.6 Å². The molecular weight excluding hydrogens is 228 g/mol. The van der Waals surface area contributed by atoms with Crippen LogP contribution in [0.4, 0.5) is 5.69 Å². The molecule has 100 valence electrons. The number of anilines is 1. The van der Waals surface area contributed by atoms with E-state index in [2.05, 4.69) is 5.32 Å². The number of rotatable bonds is 5. The number of hydrogen-bond donors (Lipinski definition) is 2. The fraction of sp³-hybridized carbons (Fsp3) is 0.500. The van der Waals surface area contributed by atoms with Gasteiger partial charge >= 0.3 is 0 Å². The van der Waals surface area contributed by atoms with Crippen molar-refractivity contribution < 1.29 is 9.53 Å². The van der Waals surface area contributed by atoms with Gasteiger partial charge < -0.3 is 15.8 Å². The van der Waals surface area contributed by atoms with E-state index in [0.29, 0.717) is 11.4 Å². The molecule has 0 heterocycles. The predicted octanol–water partition coefficient (Wildman–Crippen LogP) is 2.54. The minimum absolute atomic E-state index is 0.0639. The monoisotopic (exact) mass is 250 g/mol. The molecule has 0 unspecified atom stereocenters. The van der Waals surface area contributed by atoms with Crippen molar-refractivity contribution in [3.63, 3.8) is 0 Å². The summed E-state index contributed by atoms with van der Waals surface area (Å²) in [6, 6.07) is 7.39. The summed E-state index contributed by atoms with van der Waals surface area (Å²) < 4.78 is 5.63. The lowest BCUT2D eigenvalue weighted by Gasteiger charge is -2.19. The molecule has 0 saturated carbocycles. The lowest BCUT2D eigenvalue weighted by molar-refractivity contribution is -0.117. The van der Waals surface area contributed by atoms with E-state index in [1.54, 1.807) is 0 Å². The van der Waals surface area contributed by atoms with Crippen LogP contribution in [0, 0.1) is 0 Å². The number of carbonyl (C=O) groups excluding carboxylic acids is 1. The average molecular weight is 250 g/mol. The smallest absolute Gasteiger partial charge is 0.226 e. The van der Waals surface area contributed by atoms with Crippen LogP contribution in [0.1, 0.15) is 34.1 Å². The lowest BCUT2D eigenvalue weighted by Crippen LogP contribution is -2.36. The molecule has 1 aromatic carbocycles. The predicted molar refractivity (Wildman–Crippen MR) is 73.7 cm³/mol. The van der Waals surface area contributed by atoms with Gasteiger partial charge in [0.1, 0.15) is 5.75 Å². The largest absolute Gasteiger partial charge is 0.489 e. The molecule has 0 fully saturated rings. The normalized spacial score (nSPS) is 11.4. The Hall–Kier alpha value is -1.55. The lowest BCUT2D eigenvalue weighted by atomic mass is 10.0. The van der Waals surface area contributed by atoms with Gasteiger partial charge in [-0.15, -0.1) is 0 Å². The Bertz CT molecular complexity index is 409. The third-order valence-electron chi connectivity index (χ3n) is 2.14. The third kappa shape index (κ3) is 5.19. The second-order valence-electron chi connectivity index (χ2n) is 5.38. The Labute approximate surface area is 109 Å². The van der Waals surface area contributed by atoms with Crippen LogP contribution in [-0.2, 0) is 4.79 Å². The molecule has 1 amide bonds. The van der Waals surface area contributed by atoms with E-state index in [0.717, 1.165) is 0 Å². The molecule has 0 aliphatic carbocycles. The molecule has 0 spiro atoms. The summed E-state index contributed by atoms with van der Waals surface area (Å²) in [5, 5.41) is 2.83. The van der Waals surface area contributed by atoms with E-state index < -0.39 is 5.54 Å². The van der Waals surface area contributed by atoms with Gasteiger partial charge in [0.2, 0.25) is 5.91 Å². The summed E-state index contributed by atoms with van der Waals surface area (Å²) >= 11 is 0. The molecule has 0 aromatic heterocycles. The fourth-order valence-electron chi connectivity index (χ4n) is 1.53. The number of carbonyl (C=O) groups is 1. The molecule has 4 nitrogen and oxygen atoms in total. The van der Waals surface area contributed by atoms with Crippen molar-refractivity contribution in [2.24, 2.45) is 5.73 Å². The van der Waals surface area contributed by atoms with Gasteiger partial charge in [0.15, 0.2) is 0 Å². The Morgan fingerprint density at radius 1 is 1.39 bits per heavy atom. The average Bonchev–Trinajstić information content (AvgIpc) is 2.17. The van der Waals surface area contributed by atoms with Gasteiger partial charge in [-0.05, 0) is 39.8 Å². The topological polar surface area (TPSA) is 64.3 Å². The van der Waals surface area contributed by atoms with E-state index in [1.807, 2.05) is 52.0 Å². The zero-order chi connectivity index (χ0) is 13.8. The first-order valence-electron chi connectivity index (χ1n) is 6.12. The van der Waals surface area contributed by atoms with Gasteiger partial charge in [-0.3, -0.25) is 4.79 Å². The first-order valence-corrected chi connectivity index (χ1v) is 6.12. The van der Waals surface area contributed by atoms with Gasteiger partial charge in [-0.1, -0.05) is 12.1 Å². The molecule has 1 aromatic rings. The molecule has 4 heteroatoms. The molecule has 0 aliphatic heterocycles. The number of nitrogens with one attached hydrogen (secondary N) is 1. The molecule has 0 radical (unpaired) electrons. The van der Waals surface area contributed by atoms with Gasteiger partial charge in [0, 0.05) is 12.0 Å². The van der Waals surface area contributed by atoms with Crippen LogP contribution < -0.4 is 15.8 Å². The quantitative estimate of drug-likeness (QED) is 0.844. The summed E-state index contributed by atoms with van der Waals surface area (Å²) in [6.45, 7) is 7.54. The van der Waals surface area contributed by atoms with Crippen molar-refractivity contribution in [1.82, 2.24) is 0 Å². The molecule has 18 heavy (non-hydrogen) atoms. The van der Waals surface area contributed by atoms with Crippen LogP contribution >= 0.6 is 0 Å². The number of hydrogen-bond acceptors (Lipinski definition) is 3. The van der Waals surface area contributed by atoms with Gasteiger partial charge in [0.25, 0.3) is 0 Å². The van der Waals surface area contributed by atoms with Crippen LogP contribution in [0.2, 0.25) is 0 Å². The standard InChI is InChI=1S/C14H22N2O2/c1-10(2)18-12-8-6-5-7-11(12)16-13(17)9-14(3,4)15/h5-8,10H,9,15H2,1-4H3,(H,16,17). The highest BCUT2D eigenvalue weighted by Gasteiger charge is 2.17. The van der Waals surface area contributed by atoms with E-state index in [4.69, 9.17) is 10.5 Å². The molecule has 1 rings (SSSR count). The highest BCUT2D eigenvalue weighted by Crippen LogP contribution is 2.25. The van der Waals surface area contributed by atoms with E-state index >= 15 is 0 Å². The van der Waals surface area contributed by atoms with Crippen LogP contribution in [0.15, 0.2) is 24.3 Å². The number of benzene rings is 1. The van der Waals surface area contributed by atoms with Gasteiger partial charge in [-0.2, -0.15) is 0 Å². The van der Waals surface area contributed by atoms with Crippen LogP contribution in [0.3, 0.4) is 0 Å².